The maximum Gasteiger partial charge on any atom is 0.237 e. The third kappa shape index (κ3) is 3.73. The first-order valence-corrected chi connectivity index (χ1v) is 11.3. The fourth-order valence-electron chi connectivity index (χ4n) is 5.59. The van der Waals surface area contributed by atoms with Crippen molar-refractivity contribution in [2.24, 2.45) is 5.92 Å². The van der Waals surface area contributed by atoms with Gasteiger partial charge in [0.05, 0.1) is 38.4 Å². The number of benzene rings is 2. The smallest absolute Gasteiger partial charge is 0.237 e. The lowest BCUT2D eigenvalue weighted by atomic mass is 9.81. The van der Waals surface area contributed by atoms with Gasteiger partial charge in [0.25, 0.3) is 0 Å². The van der Waals surface area contributed by atoms with Crippen LogP contribution in [0, 0.1) is 5.92 Å². The molecule has 2 aromatic carbocycles. The monoisotopic (exact) mass is 421 g/mol. The Hall–Kier alpha value is -2.41. The van der Waals surface area contributed by atoms with Crippen LogP contribution in [-0.4, -0.2) is 79.9 Å². The summed E-state index contributed by atoms with van der Waals surface area (Å²) in [5.41, 5.74) is 4.66. The van der Waals surface area contributed by atoms with Crippen LogP contribution in [0.3, 0.4) is 0 Å². The number of hydrogen-bond donors (Lipinski definition) is 1. The van der Waals surface area contributed by atoms with E-state index >= 15 is 0 Å². The number of anilines is 1. The van der Waals surface area contributed by atoms with Gasteiger partial charge < -0.3 is 19.6 Å². The lowest BCUT2D eigenvalue weighted by molar-refractivity contribution is -0.135. The average molecular weight is 422 g/mol. The Balaban J connectivity index is 1.50. The highest BCUT2D eigenvalue weighted by Crippen LogP contribution is 2.49. The highest BCUT2D eigenvalue weighted by Gasteiger charge is 2.47. The largest absolute Gasteiger partial charge is 0.394 e. The van der Waals surface area contributed by atoms with E-state index in [9.17, 15) is 9.90 Å². The first kappa shape index (κ1) is 20.5. The number of ether oxygens (including phenoxy) is 1. The molecule has 0 saturated carbocycles. The Morgan fingerprint density at radius 3 is 2.58 bits per heavy atom. The minimum atomic E-state index is 0.0144. The molecule has 0 aliphatic carbocycles. The molecule has 6 heteroatoms. The highest BCUT2D eigenvalue weighted by atomic mass is 16.5. The molecule has 164 valence electrons. The van der Waals surface area contributed by atoms with Crippen molar-refractivity contribution in [2.45, 2.75) is 18.5 Å². The van der Waals surface area contributed by atoms with E-state index in [2.05, 4.69) is 64.2 Å². The average Bonchev–Trinajstić information content (AvgIpc) is 3.26. The summed E-state index contributed by atoms with van der Waals surface area (Å²) in [7, 11) is 2.07. The third-order valence-corrected chi connectivity index (χ3v) is 7.24. The third-order valence-electron chi connectivity index (χ3n) is 7.24. The predicted octanol–water partition coefficient (Wildman–Crippen LogP) is 2.39. The maximum absolute atomic E-state index is 13.4. The van der Waals surface area contributed by atoms with Gasteiger partial charge in [-0.25, -0.2) is 0 Å². The summed E-state index contributed by atoms with van der Waals surface area (Å²) in [6.45, 7) is 4.30. The van der Waals surface area contributed by atoms with Gasteiger partial charge in [0.1, 0.15) is 0 Å². The summed E-state index contributed by atoms with van der Waals surface area (Å²) in [6.07, 6.45) is 0.921. The lowest BCUT2D eigenvalue weighted by Crippen LogP contribution is -2.50. The Bertz CT molecular complexity index is 929. The number of rotatable bonds is 4. The normalized spacial score (nSPS) is 25.9. The highest BCUT2D eigenvalue weighted by molar-refractivity contribution is 5.80. The molecule has 0 spiro atoms. The second kappa shape index (κ2) is 8.61. The van der Waals surface area contributed by atoms with Gasteiger partial charge in [-0.3, -0.25) is 9.69 Å². The summed E-state index contributed by atoms with van der Waals surface area (Å²) in [4.78, 5) is 19.9. The first-order chi connectivity index (χ1) is 15.2. The zero-order valence-corrected chi connectivity index (χ0v) is 18.1. The molecule has 0 unspecified atom stereocenters. The van der Waals surface area contributed by atoms with E-state index in [4.69, 9.17) is 4.74 Å². The quantitative estimate of drug-likeness (QED) is 0.822. The van der Waals surface area contributed by atoms with Crippen LogP contribution < -0.4 is 4.90 Å². The predicted molar refractivity (Wildman–Crippen MR) is 121 cm³/mol. The standard InChI is InChI=1S/C25H31N3O3/c1-26-22-8-7-19(18-5-3-2-4-6-18)15-21(22)25-20(23(26)17-29)9-10-28(25)24(30)16-27-11-13-31-14-12-27/h2-8,15,20,23,25,29H,9-14,16-17H2,1H3/t20-,23-,25-/m0/s1. The molecule has 5 rings (SSSR count). The minimum Gasteiger partial charge on any atom is -0.394 e. The molecule has 2 aromatic rings. The van der Waals surface area contributed by atoms with Gasteiger partial charge in [-0.15, -0.1) is 0 Å². The molecule has 3 aliphatic heterocycles. The van der Waals surface area contributed by atoms with Gasteiger partial charge in [0, 0.05) is 38.3 Å². The molecule has 1 N–H and O–H groups in total. The van der Waals surface area contributed by atoms with E-state index in [1.165, 1.54) is 16.7 Å². The van der Waals surface area contributed by atoms with Crippen LogP contribution in [0.25, 0.3) is 11.1 Å². The van der Waals surface area contributed by atoms with Crippen LogP contribution in [0.2, 0.25) is 0 Å². The number of likely N-dealkylation sites (tertiary alicyclic amines) is 1. The lowest BCUT2D eigenvalue weighted by Gasteiger charge is -2.45. The van der Waals surface area contributed by atoms with E-state index in [1.807, 2.05) is 6.07 Å². The molecule has 3 atom stereocenters. The molecule has 1 amide bonds. The van der Waals surface area contributed by atoms with Crippen molar-refractivity contribution in [2.75, 3.05) is 57.9 Å². The molecule has 6 nitrogen and oxygen atoms in total. The second-order valence-corrected chi connectivity index (χ2v) is 8.87. The second-order valence-electron chi connectivity index (χ2n) is 8.87. The van der Waals surface area contributed by atoms with Crippen LogP contribution in [0.1, 0.15) is 18.0 Å². The van der Waals surface area contributed by atoms with Gasteiger partial charge in [-0.2, -0.15) is 0 Å². The van der Waals surface area contributed by atoms with Gasteiger partial charge in [-0.05, 0) is 35.2 Å². The van der Waals surface area contributed by atoms with Gasteiger partial charge in [0.15, 0.2) is 0 Å². The fourth-order valence-corrected chi connectivity index (χ4v) is 5.59. The Morgan fingerprint density at radius 2 is 1.84 bits per heavy atom. The number of morpholine rings is 1. The van der Waals surface area contributed by atoms with Crippen LogP contribution >= 0.6 is 0 Å². The Labute approximate surface area is 184 Å². The van der Waals surface area contributed by atoms with Crippen molar-refractivity contribution < 1.29 is 14.6 Å². The number of likely N-dealkylation sites (N-methyl/N-ethyl adjacent to an activating group) is 1. The number of fused-ring (bicyclic) bond motifs is 3. The van der Waals surface area contributed by atoms with Gasteiger partial charge in [0.2, 0.25) is 5.91 Å². The van der Waals surface area contributed by atoms with E-state index in [1.54, 1.807) is 0 Å². The fraction of sp³-hybridized carbons (Fsp3) is 0.480. The summed E-state index contributed by atoms with van der Waals surface area (Å²) < 4.78 is 5.43. The van der Waals surface area contributed by atoms with Crippen molar-refractivity contribution in [1.29, 1.82) is 0 Å². The van der Waals surface area contributed by atoms with Crippen LogP contribution in [0.5, 0.6) is 0 Å². The Kier molecular flexibility index (Phi) is 5.69. The SMILES string of the molecule is CN1c2ccc(-c3ccccc3)cc2[C@@H]2[C@@H](CCN2C(=O)CN2CCOCC2)[C@@H]1CO. The number of carbonyl (C=O) groups is 1. The molecular formula is C25H31N3O3. The molecule has 3 heterocycles. The molecule has 2 fully saturated rings. The van der Waals surface area contributed by atoms with Crippen LogP contribution in [0.4, 0.5) is 5.69 Å². The van der Waals surface area contributed by atoms with Crippen molar-refractivity contribution in [3.05, 3.63) is 54.1 Å². The molecule has 31 heavy (non-hydrogen) atoms. The zero-order chi connectivity index (χ0) is 21.4. The molecule has 0 aromatic heterocycles. The Morgan fingerprint density at radius 1 is 1.06 bits per heavy atom. The zero-order valence-electron chi connectivity index (χ0n) is 18.1. The maximum atomic E-state index is 13.4. The van der Waals surface area contributed by atoms with Crippen molar-refractivity contribution in [1.82, 2.24) is 9.80 Å². The summed E-state index contributed by atoms with van der Waals surface area (Å²) in [5.74, 6) is 0.425. The number of amides is 1. The van der Waals surface area contributed by atoms with Crippen molar-refractivity contribution in [3.63, 3.8) is 0 Å². The summed E-state index contributed by atoms with van der Waals surface area (Å²) in [6, 6.07) is 17.0. The number of hydrogen-bond acceptors (Lipinski definition) is 5. The summed E-state index contributed by atoms with van der Waals surface area (Å²) >= 11 is 0. The van der Waals surface area contributed by atoms with Crippen LogP contribution in [-0.2, 0) is 9.53 Å². The topological polar surface area (TPSA) is 56.2 Å². The number of aliphatic hydroxyl groups is 1. The van der Waals surface area contributed by atoms with Crippen molar-refractivity contribution in [3.8, 4) is 11.1 Å². The van der Waals surface area contributed by atoms with E-state index < -0.39 is 0 Å². The molecule has 0 radical (unpaired) electrons. The van der Waals surface area contributed by atoms with Crippen LogP contribution in [0.15, 0.2) is 48.5 Å². The molecule has 3 aliphatic rings. The number of nitrogens with zero attached hydrogens (tertiary/aromatic N) is 3. The van der Waals surface area contributed by atoms with E-state index in [0.29, 0.717) is 19.8 Å². The molecular weight excluding hydrogens is 390 g/mol. The first-order valence-electron chi connectivity index (χ1n) is 11.3. The molecule has 0 bridgehead atoms. The van der Waals surface area contributed by atoms with Gasteiger partial charge in [-0.1, -0.05) is 36.4 Å². The van der Waals surface area contributed by atoms with Gasteiger partial charge >= 0.3 is 0 Å². The van der Waals surface area contributed by atoms with E-state index in [-0.39, 0.29) is 30.5 Å². The molecule has 2 saturated heterocycles. The van der Waals surface area contributed by atoms with Crippen molar-refractivity contribution >= 4 is 11.6 Å². The summed E-state index contributed by atoms with van der Waals surface area (Å²) in [5, 5.41) is 10.2. The minimum absolute atomic E-state index is 0.0144. The van der Waals surface area contributed by atoms with E-state index in [0.717, 1.165) is 31.7 Å². The number of aliphatic hydroxyl groups excluding tert-OH is 1. The number of carbonyl (C=O) groups excluding carboxylic acids is 1.